The Morgan fingerprint density at radius 1 is 1.22 bits per heavy atom. The second-order valence-electron chi connectivity index (χ2n) is 5.83. The van der Waals surface area contributed by atoms with Crippen LogP contribution >= 0.6 is 11.3 Å². The number of rotatable bonds is 5. The fraction of sp³-hybridized carbons (Fsp3) is 0.438. The Kier molecular flexibility index (Phi) is 5.99. The summed E-state index contributed by atoms with van der Waals surface area (Å²) in [5.74, 6) is 0.263. The van der Waals surface area contributed by atoms with E-state index >= 15 is 0 Å². The second kappa shape index (κ2) is 8.42. The number of aliphatic imine (C=N–C) groups is 1. The molecule has 1 aliphatic heterocycles. The van der Waals surface area contributed by atoms with Gasteiger partial charge in [-0.1, -0.05) is 6.07 Å². The third kappa shape index (κ3) is 5.46. The van der Waals surface area contributed by atoms with Gasteiger partial charge in [0.2, 0.25) is 5.88 Å². The summed E-state index contributed by atoms with van der Waals surface area (Å²) in [7, 11) is 0. The van der Waals surface area contributed by atoms with Gasteiger partial charge in [-0.2, -0.15) is 13.2 Å². The van der Waals surface area contributed by atoms with Crippen molar-refractivity contribution in [1.82, 2.24) is 14.9 Å². The maximum Gasteiger partial charge on any atom is 0.422 e. The molecule has 3 rings (SSSR count). The van der Waals surface area contributed by atoms with Gasteiger partial charge in [-0.25, -0.2) is 15.0 Å². The van der Waals surface area contributed by atoms with Crippen molar-refractivity contribution in [2.45, 2.75) is 12.7 Å². The Balaban J connectivity index is 1.56. The molecular weight excluding hydrogens is 381 g/mol. The molecule has 1 aliphatic rings. The average Bonchev–Trinajstić information content (AvgIpc) is 3.19. The first-order chi connectivity index (χ1) is 12.9. The Labute approximate surface area is 158 Å². The van der Waals surface area contributed by atoms with Gasteiger partial charge in [-0.05, 0) is 6.07 Å². The number of thiazole rings is 1. The number of nitrogens with two attached hydrogens (primary N) is 1. The van der Waals surface area contributed by atoms with Gasteiger partial charge in [0.1, 0.15) is 0 Å². The molecule has 2 N–H and O–H groups in total. The number of nitrogens with zero attached hydrogens (tertiary/aromatic N) is 5. The number of piperazine rings is 1. The minimum absolute atomic E-state index is 0.0834. The summed E-state index contributed by atoms with van der Waals surface area (Å²) < 4.78 is 41.8. The van der Waals surface area contributed by atoms with E-state index in [0.717, 1.165) is 18.2 Å². The van der Waals surface area contributed by atoms with E-state index in [1.807, 2.05) is 10.3 Å². The zero-order chi connectivity index (χ0) is 19.3. The van der Waals surface area contributed by atoms with E-state index in [2.05, 4.69) is 19.9 Å². The molecular formula is C16H19F3N6OS. The molecule has 27 heavy (non-hydrogen) atoms. The van der Waals surface area contributed by atoms with E-state index < -0.39 is 12.8 Å². The van der Waals surface area contributed by atoms with Gasteiger partial charge in [0.05, 0.1) is 6.54 Å². The molecule has 11 heteroatoms. The van der Waals surface area contributed by atoms with Gasteiger partial charge in [0.25, 0.3) is 0 Å². The standard InChI is InChI=1S/C16H19F3N6OS/c17-16(18,19)11-26-13-12(2-1-3-21-13)10-23-14(20)24-5-7-25(8-6-24)15-22-4-9-27-15/h1-4,9H,5-8,10-11H2,(H2,20,23). The molecule has 0 amide bonds. The van der Waals surface area contributed by atoms with Crippen LogP contribution in [0.3, 0.4) is 0 Å². The van der Waals surface area contributed by atoms with Crippen molar-refractivity contribution in [2.24, 2.45) is 10.7 Å². The highest BCUT2D eigenvalue weighted by atomic mass is 32.1. The minimum atomic E-state index is -4.42. The molecule has 0 spiro atoms. The van der Waals surface area contributed by atoms with Crippen molar-refractivity contribution < 1.29 is 17.9 Å². The van der Waals surface area contributed by atoms with Crippen molar-refractivity contribution in [3.8, 4) is 5.88 Å². The van der Waals surface area contributed by atoms with Gasteiger partial charge in [0, 0.05) is 49.5 Å². The van der Waals surface area contributed by atoms with E-state index in [1.165, 1.54) is 6.20 Å². The van der Waals surface area contributed by atoms with Crippen LogP contribution in [0.25, 0.3) is 0 Å². The molecule has 2 aromatic heterocycles. The molecule has 0 aliphatic carbocycles. The number of halogens is 3. The summed E-state index contributed by atoms with van der Waals surface area (Å²) in [6.45, 7) is 1.64. The first-order valence-electron chi connectivity index (χ1n) is 8.25. The lowest BCUT2D eigenvalue weighted by molar-refractivity contribution is -0.154. The highest BCUT2D eigenvalue weighted by Gasteiger charge is 2.29. The number of pyridine rings is 1. The van der Waals surface area contributed by atoms with Crippen LogP contribution in [-0.2, 0) is 6.54 Å². The Hall–Kier alpha value is -2.56. The number of hydrogen-bond acceptors (Lipinski definition) is 6. The van der Waals surface area contributed by atoms with E-state index in [9.17, 15) is 13.2 Å². The van der Waals surface area contributed by atoms with Gasteiger partial charge >= 0.3 is 6.18 Å². The van der Waals surface area contributed by atoms with E-state index in [1.54, 1.807) is 29.7 Å². The lowest BCUT2D eigenvalue weighted by atomic mass is 10.3. The molecule has 2 aromatic rings. The zero-order valence-electron chi connectivity index (χ0n) is 14.4. The van der Waals surface area contributed by atoms with Crippen LogP contribution in [0.1, 0.15) is 5.56 Å². The average molecular weight is 400 g/mol. The van der Waals surface area contributed by atoms with Crippen LogP contribution in [0.5, 0.6) is 5.88 Å². The number of guanidine groups is 1. The summed E-state index contributed by atoms with van der Waals surface area (Å²) in [5.41, 5.74) is 6.51. The summed E-state index contributed by atoms with van der Waals surface area (Å²) in [6, 6.07) is 3.24. The second-order valence-corrected chi connectivity index (χ2v) is 6.71. The first-order valence-corrected chi connectivity index (χ1v) is 9.13. The first kappa shape index (κ1) is 19.2. The zero-order valence-corrected chi connectivity index (χ0v) is 15.2. The van der Waals surface area contributed by atoms with E-state index in [-0.39, 0.29) is 12.4 Å². The minimum Gasteiger partial charge on any atom is -0.468 e. The lowest BCUT2D eigenvalue weighted by Gasteiger charge is -2.35. The van der Waals surface area contributed by atoms with Crippen LogP contribution in [-0.4, -0.2) is 59.8 Å². The molecule has 3 heterocycles. The fourth-order valence-electron chi connectivity index (χ4n) is 2.59. The largest absolute Gasteiger partial charge is 0.468 e. The van der Waals surface area contributed by atoms with Crippen LogP contribution in [0, 0.1) is 0 Å². The number of aromatic nitrogens is 2. The molecule has 0 atom stereocenters. The Morgan fingerprint density at radius 3 is 2.67 bits per heavy atom. The molecule has 0 radical (unpaired) electrons. The molecule has 1 saturated heterocycles. The monoisotopic (exact) mass is 400 g/mol. The van der Waals surface area contributed by atoms with Crippen molar-refractivity contribution in [2.75, 3.05) is 37.7 Å². The number of hydrogen-bond donors (Lipinski definition) is 1. The van der Waals surface area contributed by atoms with Crippen molar-refractivity contribution in [1.29, 1.82) is 0 Å². The SMILES string of the molecule is NC(=NCc1cccnc1OCC(F)(F)F)N1CCN(c2nccs2)CC1. The quantitative estimate of drug-likeness (QED) is 0.612. The highest BCUT2D eigenvalue weighted by Crippen LogP contribution is 2.21. The predicted molar refractivity (Wildman–Crippen MR) is 97.0 cm³/mol. The third-order valence-corrected chi connectivity index (χ3v) is 4.76. The molecule has 0 aromatic carbocycles. The lowest BCUT2D eigenvalue weighted by Crippen LogP contribution is -2.51. The van der Waals surface area contributed by atoms with Crippen molar-refractivity contribution in [3.63, 3.8) is 0 Å². The van der Waals surface area contributed by atoms with Gasteiger partial charge < -0.3 is 20.3 Å². The van der Waals surface area contributed by atoms with Crippen LogP contribution < -0.4 is 15.4 Å². The van der Waals surface area contributed by atoms with Gasteiger partial charge in [-0.3, -0.25) is 0 Å². The van der Waals surface area contributed by atoms with Crippen molar-refractivity contribution in [3.05, 3.63) is 35.5 Å². The molecule has 146 valence electrons. The predicted octanol–water partition coefficient (Wildman–Crippen LogP) is 2.12. The summed E-state index contributed by atoms with van der Waals surface area (Å²) in [4.78, 5) is 16.6. The number of anilines is 1. The topological polar surface area (TPSA) is 79.9 Å². The Morgan fingerprint density at radius 2 is 2.00 bits per heavy atom. The molecule has 1 fully saturated rings. The smallest absolute Gasteiger partial charge is 0.422 e. The molecule has 0 saturated carbocycles. The maximum absolute atomic E-state index is 12.3. The summed E-state index contributed by atoms with van der Waals surface area (Å²) >= 11 is 1.59. The summed E-state index contributed by atoms with van der Waals surface area (Å²) in [5, 5.41) is 2.91. The fourth-order valence-corrected chi connectivity index (χ4v) is 3.29. The third-order valence-electron chi connectivity index (χ3n) is 3.93. The Bertz CT molecular complexity index is 760. The number of alkyl halides is 3. The normalized spacial score (nSPS) is 15.9. The molecule has 0 unspecified atom stereocenters. The van der Waals surface area contributed by atoms with Crippen LogP contribution in [0.2, 0.25) is 0 Å². The van der Waals surface area contributed by atoms with Crippen LogP contribution in [0.4, 0.5) is 18.3 Å². The molecule has 7 nitrogen and oxygen atoms in total. The van der Waals surface area contributed by atoms with Crippen molar-refractivity contribution >= 4 is 22.4 Å². The summed E-state index contributed by atoms with van der Waals surface area (Å²) in [6.07, 6.45) is -1.27. The van der Waals surface area contributed by atoms with Gasteiger partial charge in [0.15, 0.2) is 17.7 Å². The number of ether oxygens (including phenoxy) is 1. The van der Waals surface area contributed by atoms with E-state index in [0.29, 0.717) is 24.6 Å². The van der Waals surface area contributed by atoms with Gasteiger partial charge in [-0.15, -0.1) is 11.3 Å². The van der Waals surface area contributed by atoms with Crippen LogP contribution in [0.15, 0.2) is 34.9 Å². The van der Waals surface area contributed by atoms with E-state index in [4.69, 9.17) is 10.5 Å². The molecule has 0 bridgehead atoms. The maximum atomic E-state index is 12.3. The highest BCUT2D eigenvalue weighted by molar-refractivity contribution is 7.13.